The van der Waals surface area contributed by atoms with Crippen LogP contribution in [-0.2, 0) is 14.3 Å². The van der Waals surface area contributed by atoms with Gasteiger partial charge < -0.3 is 30.3 Å². The number of anilines is 3. The maximum atomic E-state index is 15.4. The molecule has 3 aromatic heterocycles. The lowest BCUT2D eigenvalue weighted by Crippen LogP contribution is -2.54. The topological polar surface area (TPSA) is 205 Å². The summed E-state index contributed by atoms with van der Waals surface area (Å²) in [5, 5.41) is 16.2. The van der Waals surface area contributed by atoms with Crippen LogP contribution in [0.4, 0.5) is 26.2 Å². The summed E-state index contributed by atoms with van der Waals surface area (Å²) in [6, 6.07) is 4.32. The molecule has 0 spiro atoms. The number of halogens is 3. The monoisotopic (exact) mass is 893 g/mol. The van der Waals surface area contributed by atoms with Crippen LogP contribution in [0.3, 0.4) is 0 Å². The summed E-state index contributed by atoms with van der Waals surface area (Å²) in [5.74, 6) is -2.40. The Morgan fingerprint density at radius 1 is 0.935 bits per heavy atom. The second-order valence-electron chi connectivity index (χ2n) is 15.9. The number of rotatable bonds is 13. The zero-order valence-corrected chi connectivity index (χ0v) is 35.6. The molecule has 3 aliphatic heterocycles. The molecule has 21 heteroatoms. The molecule has 4 aliphatic rings. The van der Waals surface area contributed by atoms with Crippen molar-refractivity contribution in [1.82, 2.24) is 40.0 Å². The highest BCUT2D eigenvalue weighted by atomic mass is 35.5. The zero-order chi connectivity index (χ0) is 43.7. The van der Waals surface area contributed by atoms with Crippen LogP contribution in [0.5, 0.6) is 5.88 Å². The van der Waals surface area contributed by atoms with Crippen LogP contribution in [0.1, 0.15) is 78.0 Å². The van der Waals surface area contributed by atoms with E-state index in [1.54, 1.807) is 19.2 Å². The Bertz CT molecular complexity index is 2400. The molecule has 2 atom stereocenters. The Hall–Kier alpha value is -5.47. The Labute approximate surface area is 365 Å². The maximum Gasteiger partial charge on any atom is 0.323 e. The molecule has 0 bridgehead atoms. The molecule has 3 fully saturated rings. The number of carbonyl (C=O) groups is 5. The lowest BCUT2D eigenvalue weighted by atomic mass is 9.85. The number of amides is 6. The first kappa shape index (κ1) is 43.2. The van der Waals surface area contributed by atoms with Gasteiger partial charge in [0.05, 0.1) is 45.5 Å². The lowest BCUT2D eigenvalue weighted by molar-refractivity contribution is -0.136. The number of aromatic nitrogens is 4. The number of piperazine rings is 1. The summed E-state index contributed by atoms with van der Waals surface area (Å²) in [6.45, 7) is 6.18. The summed E-state index contributed by atoms with van der Waals surface area (Å²) >= 11 is 12.3. The molecular formula is C41H46Cl2FN11O7. The molecule has 1 aliphatic carbocycles. The fourth-order valence-corrected chi connectivity index (χ4v) is 8.98. The number of carbonyl (C=O) groups excluding carboxylic acids is 5. The number of piperidine rings is 1. The van der Waals surface area contributed by atoms with E-state index in [9.17, 15) is 24.0 Å². The van der Waals surface area contributed by atoms with Crippen molar-refractivity contribution in [1.29, 1.82) is 0 Å². The Balaban J connectivity index is 0.770. The highest BCUT2D eigenvalue weighted by Gasteiger charge is 2.45. The third kappa shape index (κ3) is 9.17. The predicted octanol–water partition coefficient (Wildman–Crippen LogP) is 4.67. The Morgan fingerprint density at radius 3 is 2.39 bits per heavy atom. The van der Waals surface area contributed by atoms with Crippen molar-refractivity contribution in [2.75, 3.05) is 68.5 Å². The first-order chi connectivity index (χ1) is 29.9. The zero-order valence-electron chi connectivity index (χ0n) is 34.1. The van der Waals surface area contributed by atoms with Crippen molar-refractivity contribution in [3.05, 3.63) is 69.5 Å². The maximum absolute atomic E-state index is 15.4. The number of benzene rings is 1. The van der Waals surface area contributed by atoms with Gasteiger partial charge >= 0.3 is 6.03 Å². The van der Waals surface area contributed by atoms with Gasteiger partial charge in [0.25, 0.3) is 11.8 Å². The molecule has 328 valence electrons. The van der Waals surface area contributed by atoms with Crippen molar-refractivity contribution in [3.63, 3.8) is 0 Å². The number of methoxy groups -OCH3 is 1. The normalized spacial score (nSPS) is 21.3. The van der Waals surface area contributed by atoms with E-state index in [0.29, 0.717) is 60.3 Å². The molecular weight excluding hydrogens is 848 g/mol. The molecule has 0 radical (unpaired) electrons. The van der Waals surface area contributed by atoms with Crippen LogP contribution in [-0.4, -0.2) is 124 Å². The molecule has 8 rings (SSSR count). The third-order valence-corrected chi connectivity index (χ3v) is 12.3. The summed E-state index contributed by atoms with van der Waals surface area (Å²) in [4.78, 5) is 77.5. The minimum absolute atomic E-state index is 0.0105. The first-order valence-electron chi connectivity index (χ1n) is 20.6. The fraction of sp³-hybridized carbons (Fsp3) is 0.463. The molecule has 6 amide bonds. The SMILES string of the molecule is COC(C)c1c(NC(=O)Nc2cc(Cl)cnc2OCCNC2CCC(CN3CCN(c4cc5c(cc4F)C(=O)N(C4CCC(=O)NC4=O)C5=O)CC3)CC2)cnc2cc(Cl)nn12. The molecule has 4 N–H and O–H groups in total. The van der Waals surface area contributed by atoms with Gasteiger partial charge in [-0.15, -0.1) is 0 Å². The molecule has 18 nitrogen and oxygen atoms in total. The number of urea groups is 1. The van der Waals surface area contributed by atoms with Gasteiger partial charge in [-0.05, 0) is 63.1 Å². The average molecular weight is 895 g/mol. The minimum atomic E-state index is -1.11. The van der Waals surface area contributed by atoms with Gasteiger partial charge in [0.1, 0.15) is 24.2 Å². The average Bonchev–Trinajstić information content (AvgIpc) is 3.74. The van der Waals surface area contributed by atoms with Gasteiger partial charge in [0.15, 0.2) is 10.8 Å². The van der Waals surface area contributed by atoms with Crippen molar-refractivity contribution in [3.8, 4) is 5.88 Å². The van der Waals surface area contributed by atoms with E-state index in [4.69, 9.17) is 32.7 Å². The van der Waals surface area contributed by atoms with Crippen molar-refractivity contribution in [2.24, 2.45) is 5.92 Å². The Kier molecular flexibility index (Phi) is 12.9. The molecule has 2 unspecified atom stereocenters. The number of imide groups is 2. The number of fused-ring (bicyclic) bond motifs is 2. The van der Waals surface area contributed by atoms with Crippen molar-refractivity contribution < 1.29 is 37.8 Å². The van der Waals surface area contributed by atoms with E-state index in [-0.39, 0.29) is 46.4 Å². The highest BCUT2D eigenvalue weighted by molar-refractivity contribution is 6.31. The van der Waals surface area contributed by atoms with Crippen LogP contribution >= 0.6 is 23.2 Å². The summed E-state index contributed by atoms with van der Waals surface area (Å²) in [7, 11) is 1.55. The van der Waals surface area contributed by atoms with Crippen molar-refractivity contribution >= 4 is 75.6 Å². The van der Waals surface area contributed by atoms with Crippen LogP contribution in [0.15, 0.2) is 36.7 Å². The van der Waals surface area contributed by atoms with Crippen LogP contribution in [0.25, 0.3) is 5.65 Å². The first-order valence-corrected chi connectivity index (χ1v) is 21.3. The third-order valence-electron chi connectivity index (χ3n) is 11.9. The number of ether oxygens (including phenoxy) is 2. The molecule has 1 saturated carbocycles. The number of pyridine rings is 1. The number of hydrogen-bond acceptors (Lipinski definition) is 13. The Morgan fingerprint density at radius 2 is 1.66 bits per heavy atom. The van der Waals surface area contributed by atoms with Gasteiger partial charge in [-0.3, -0.25) is 34.3 Å². The highest BCUT2D eigenvalue weighted by Crippen LogP contribution is 2.34. The van der Waals surface area contributed by atoms with E-state index in [1.165, 1.54) is 23.0 Å². The van der Waals surface area contributed by atoms with E-state index in [0.717, 1.165) is 56.3 Å². The van der Waals surface area contributed by atoms with E-state index < -0.39 is 47.6 Å². The van der Waals surface area contributed by atoms with Gasteiger partial charge in [-0.25, -0.2) is 23.7 Å². The van der Waals surface area contributed by atoms with Gasteiger partial charge in [-0.1, -0.05) is 23.2 Å². The van der Waals surface area contributed by atoms with E-state index in [2.05, 4.69) is 41.2 Å². The second kappa shape index (κ2) is 18.5. The smallest absolute Gasteiger partial charge is 0.323 e. The number of hydrogen-bond donors (Lipinski definition) is 4. The second-order valence-corrected chi connectivity index (χ2v) is 16.7. The van der Waals surface area contributed by atoms with Gasteiger partial charge in [-0.2, -0.15) is 5.10 Å². The quantitative estimate of drug-likeness (QED) is 0.107. The molecule has 4 aromatic rings. The molecule has 62 heavy (non-hydrogen) atoms. The van der Waals surface area contributed by atoms with Crippen LogP contribution in [0.2, 0.25) is 10.2 Å². The predicted molar refractivity (Wildman–Crippen MR) is 226 cm³/mol. The molecule has 1 aromatic carbocycles. The van der Waals surface area contributed by atoms with Crippen molar-refractivity contribution in [2.45, 2.75) is 63.6 Å². The summed E-state index contributed by atoms with van der Waals surface area (Å²) < 4.78 is 28.5. The number of nitrogens with one attached hydrogen (secondary N) is 4. The standard InChI is InChI=1S/C41H46Cl2FN11O7/c1-22(61-2)36-30(20-46-34-18-33(43)51-55(34)36)49-41(60)48-29-15-24(42)19-47-38(29)62-14-9-45-25-5-3-23(4-6-25)21-52-10-12-53(13-11-52)32-17-27-26(16-28(32)44)39(58)54(40(27)59)31-7-8-35(56)50-37(31)57/h15-20,22-23,25,31,45H,3-14,21H2,1-2H3,(H2,48,49,60)(H,50,56,57). The largest absolute Gasteiger partial charge is 0.475 e. The lowest BCUT2D eigenvalue weighted by Gasteiger charge is -2.39. The molecule has 2 saturated heterocycles. The summed E-state index contributed by atoms with van der Waals surface area (Å²) in [5.41, 5.74) is 1.96. The molecule has 6 heterocycles. The fourth-order valence-electron chi connectivity index (χ4n) is 8.65. The van der Waals surface area contributed by atoms with E-state index >= 15 is 4.39 Å². The van der Waals surface area contributed by atoms with E-state index in [1.807, 2.05) is 11.8 Å². The van der Waals surface area contributed by atoms with Crippen LogP contribution < -0.4 is 30.9 Å². The number of nitrogens with zero attached hydrogens (tertiary/aromatic N) is 7. The van der Waals surface area contributed by atoms with Gasteiger partial charge in [0, 0.05) is 71.1 Å². The minimum Gasteiger partial charge on any atom is -0.475 e. The summed E-state index contributed by atoms with van der Waals surface area (Å²) in [6.07, 6.45) is 6.68. The van der Waals surface area contributed by atoms with Gasteiger partial charge in [0.2, 0.25) is 17.7 Å². The van der Waals surface area contributed by atoms with Crippen LogP contribution in [0, 0.1) is 11.7 Å².